The Hall–Kier alpha value is -3.59. The van der Waals surface area contributed by atoms with Crippen molar-refractivity contribution in [3.05, 3.63) is 73.1 Å². The number of hydrogen-bond donors (Lipinski definition) is 2. The Balaban J connectivity index is 1.77. The van der Waals surface area contributed by atoms with Crippen LogP contribution < -0.4 is 15.8 Å². The number of allylic oxidation sites excluding steroid dienone is 1. The van der Waals surface area contributed by atoms with Crippen LogP contribution in [0, 0.1) is 0 Å². The van der Waals surface area contributed by atoms with Crippen molar-refractivity contribution in [1.82, 2.24) is 20.1 Å². The molecule has 9 heteroatoms. The Labute approximate surface area is 184 Å². The van der Waals surface area contributed by atoms with Crippen LogP contribution in [0.2, 0.25) is 0 Å². The van der Waals surface area contributed by atoms with Gasteiger partial charge >= 0.3 is 6.03 Å². The quantitative estimate of drug-likeness (QED) is 0.392. The Morgan fingerprint density at radius 3 is 2.61 bits per heavy atom. The number of imide groups is 1. The minimum atomic E-state index is -0.892. The highest BCUT2D eigenvalue weighted by Gasteiger charge is 2.21. The third kappa shape index (κ3) is 5.73. The lowest BCUT2D eigenvalue weighted by Crippen LogP contribution is -2.39. The Morgan fingerprint density at radius 1 is 1.19 bits per heavy atom. The number of rotatable bonds is 9. The second-order valence-electron chi connectivity index (χ2n) is 6.56. The molecule has 8 nitrogen and oxygen atoms in total. The van der Waals surface area contributed by atoms with Gasteiger partial charge in [-0.1, -0.05) is 66.4 Å². The third-order valence-electron chi connectivity index (χ3n) is 4.33. The number of primary amides is 1. The van der Waals surface area contributed by atoms with Crippen molar-refractivity contribution in [2.24, 2.45) is 5.73 Å². The largest absolute Gasteiger partial charge is 0.485 e. The van der Waals surface area contributed by atoms with Crippen LogP contribution in [0.4, 0.5) is 4.79 Å². The number of hydrogen-bond acceptors (Lipinski definition) is 6. The summed E-state index contributed by atoms with van der Waals surface area (Å²) in [5, 5.41) is 10.4. The molecule has 3 N–H and O–H groups in total. The van der Waals surface area contributed by atoms with Gasteiger partial charge in [0.25, 0.3) is 0 Å². The maximum Gasteiger partial charge on any atom is 0.318 e. The summed E-state index contributed by atoms with van der Waals surface area (Å²) in [5.74, 6) is 0.818. The van der Waals surface area contributed by atoms with E-state index in [1.807, 2.05) is 59.2 Å². The fourth-order valence-corrected chi connectivity index (χ4v) is 3.73. The van der Waals surface area contributed by atoms with Crippen LogP contribution in [-0.4, -0.2) is 32.0 Å². The molecule has 0 spiro atoms. The third-order valence-corrected chi connectivity index (χ3v) is 5.41. The summed E-state index contributed by atoms with van der Waals surface area (Å²) in [7, 11) is 0. The van der Waals surface area contributed by atoms with Crippen LogP contribution in [0.3, 0.4) is 0 Å². The molecule has 1 atom stereocenters. The molecule has 0 saturated carbocycles. The van der Waals surface area contributed by atoms with Crippen LogP contribution in [0.1, 0.15) is 12.7 Å². The van der Waals surface area contributed by atoms with E-state index in [0.717, 1.165) is 16.9 Å². The number of carbonyl (C=O) groups is 2. The molecule has 1 aromatic heterocycles. The molecule has 0 unspecified atom stereocenters. The molecule has 3 aromatic rings. The summed E-state index contributed by atoms with van der Waals surface area (Å²) < 4.78 is 7.89. The maximum absolute atomic E-state index is 12.0. The number of benzene rings is 2. The van der Waals surface area contributed by atoms with Crippen molar-refractivity contribution < 1.29 is 14.3 Å². The Bertz CT molecular complexity index is 1070. The highest BCUT2D eigenvalue weighted by molar-refractivity contribution is 8.00. The number of para-hydroxylation sites is 1. The van der Waals surface area contributed by atoms with Gasteiger partial charge < -0.3 is 10.5 Å². The van der Waals surface area contributed by atoms with Crippen molar-refractivity contribution >= 4 is 23.7 Å². The maximum atomic E-state index is 12.0. The first-order valence-electron chi connectivity index (χ1n) is 9.56. The fraction of sp³-hybridized carbons (Fsp3) is 0.182. The minimum Gasteiger partial charge on any atom is -0.485 e. The topological polar surface area (TPSA) is 112 Å². The van der Waals surface area contributed by atoms with Crippen LogP contribution in [0.15, 0.2) is 72.4 Å². The van der Waals surface area contributed by atoms with Crippen molar-refractivity contribution in [1.29, 1.82) is 0 Å². The van der Waals surface area contributed by atoms with Gasteiger partial charge in [-0.2, -0.15) is 0 Å². The Kier molecular flexibility index (Phi) is 7.45. The van der Waals surface area contributed by atoms with Gasteiger partial charge in [0.2, 0.25) is 5.91 Å². The Morgan fingerprint density at radius 2 is 1.90 bits per heavy atom. The highest BCUT2D eigenvalue weighted by atomic mass is 32.2. The van der Waals surface area contributed by atoms with Gasteiger partial charge in [-0.3, -0.25) is 14.7 Å². The molecule has 31 heavy (non-hydrogen) atoms. The lowest BCUT2D eigenvalue weighted by atomic mass is 10.1. The molecule has 3 amide bonds. The van der Waals surface area contributed by atoms with Gasteiger partial charge in [0.15, 0.2) is 11.0 Å². The molecule has 160 valence electrons. The van der Waals surface area contributed by atoms with Crippen LogP contribution in [-0.2, 0) is 17.9 Å². The summed E-state index contributed by atoms with van der Waals surface area (Å²) >= 11 is 1.17. The number of amides is 3. The predicted molar refractivity (Wildman–Crippen MR) is 119 cm³/mol. The van der Waals surface area contributed by atoms with E-state index < -0.39 is 17.2 Å². The van der Waals surface area contributed by atoms with Crippen molar-refractivity contribution in [2.45, 2.75) is 30.5 Å². The molecular formula is C22H23N5O3S. The molecule has 0 aliphatic carbocycles. The summed E-state index contributed by atoms with van der Waals surface area (Å²) in [6.07, 6.45) is 1.71. The van der Waals surface area contributed by atoms with Crippen LogP contribution in [0.25, 0.3) is 11.1 Å². The molecule has 0 bridgehead atoms. The van der Waals surface area contributed by atoms with E-state index >= 15 is 0 Å². The zero-order valence-corrected chi connectivity index (χ0v) is 17.8. The molecule has 0 saturated heterocycles. The zero-order chi connectivity index (χ0) is 22.2. The fourth-order valence-electron chi connectivity index (χ4n) is 2.85. The van der Waals surface area contributed by atoms with E-state index in [-0.39, 0.29) is 6.61 Å². The monoisotopic (exact) mass is 437 g/mol. The molecule has 1 heterocycles. The van der Waals surface area contributed by atoms with E-state index in [1.54, 1.807) is 13.0 Å². The number of nitrogens with one attached hydrogen (secondary N) is 1. The summed E-state index contributed by atoms with van der Waals surface area (Å²) in [6, 6.07) is 16.9. The van der Waals surface area contributed by atoms with E-state index in [1.165, 1.54) is 11.8 Å². The lowest BCUT2D eigenvalue weighted by Gasteiger charge is -2.13. The molecule has 0 aliphatic heterocycles. The number of ether oxygens (including phenoxy) is 1. The molecule has 0 aliphatic rings. The number of nitrogens with two attached hydrogens (primary N) is 1. The molecule has 3 rings (SSSR count). The SMILES string of the molecule is C=CCn1c(COc2ccccc2-c2ccccc2)nnc1S[C@@H](C)C(=O)NC(N)=O. The van der Waals surface area contributed by atoms with Gasteiger partial charge in [-0.05, 0) is 18.6 Å². The summed E-state index contributed by atoms with van der Waals surface area (Å²) in [6.45, 7) is 6.06. The zero-order valence-electron chi connectivity index (χ0n) is 17.0. The van der Waals surface area contributed by atoms with Gasteiger partial charge in [0.1, 0.15) is 12.4 Å². The number of urea groups is 1. The van der Waals surface area contributed by atoms with Crippen LogP contribution >= 0.6 is 11.8 Å². The average Bonchev–Trinajstić information content (AvgIpc) is 3.14. The van der Waals surface area contributed by atoms with E-state index in [9.17, 15) is 9.59 Å². The standard InChI is InChI=1S/C22H23N5O3S/c1-3-13-27-19(25-26-22(27)31-15(2)20(28)24-21(23)29)14-30-18-12-8-7-11-17(18)16-9-5-4-6-10-16/h3-12,15H,1,13-14H2,2H3,(H3,23,24,28,29)/t15-/m0/s1. The van der Waals surface area contributed by atoms with Crippen molar-refractivity contribution in [3.63, 3.8) is 0 Å². The van der Waals surface area contributed by atoms with Gasteiger partial charge in [-0.15, -0.1) is 16.8 Å². The first-order chi connectivity index (χ1) is 15.0. The molecule has 0 fully saturated rings. The first-order valence-corrected chi connectivity index (χ1v) is 10.4. The van der Waals surface area contributed by atoms with Crippen molar-refractivity contribution in [3.8, 4) is 16.9 Å². The number of carbonyl (C=O) groups excluding carboxylic acids is 2. The molecule has 2 aromatic carbocycles. The van der Waals surface area contributed by atoms with Gasteiger partial charge in [-0.25, -0.2) is 4.79 Å². The normalized spacial score (nSPS) is 11.5. The minimum absolute atomic E-state index is 0.188. The van der Waals surface area contributed by atoms with Crippen LogP contribution in [0.5, 0.6) is 5.75 Å². The second-order valence-corrected chi connectivity index (χ2v) is 7.87. The predicted octanol–water partition coefficient (Wildman–Crippen LogP) is 3.39. The van der Waals surface area contributed by atoms with Gasteiger partial charge in [0.05, 0.1) is 5.25 Å². The first kappa shape index (κ1) is 22.1. The van der Waals surface area contributed by atoms with E-state index in [0.29, 0.717) is 17.5 Å². The number of nitrogens with zero attached hydrogens (tertiary/aromatic N) is 3. The summed E-state index contributed by atoms with van der Waals surface area (Å²) in [5.41, 5.74) is 7.04. The van der Waals surface area contributed by atoms with E-state index in [2.05, 4.69) is 22.1 Å². The summed E-state index contributed by atoms with van der Waals surface area (Å²) in [4.78, 5) is 22.9. The average molecular weight is 438 g/mol. The van der Waals surface area contributed by atoms with Crippen molar-refractivity contribution in [2.75, 3.05) is 0 Å². The molecule has 0 radical (unpaired) electrons. The van der Waals surface area contributed by atoms with Gasteiger partial charge in [0, 0.05) is 12.1 Å². The highest BCUT2D eigenvalue weighted by Crippen LogP contribution is 2.30. The number of aromatic nitrogens is 3. The smallest absolute Gasteiger partial charge is 0.318 e. The lowest BCUT2D eigenvalue weighted by molar-refractivity contribution is -0.119. The second kappa shape index (κ2) is 10.4. The van der Waals surface area contributed by atoms with E-state index in [4.69, 9.17) is 10.5 Å². The molecular weight excluding hydrogens is 414 g/mol. The number of thioether (sulfide) groups is 1.